The number of nitrogens with zero attached hydrogens (tertiary/aromatic N) is 2. The predicted octanol–water partition coefficient (Wildman–Crippen LogP) is 4.18. The molecule has 0 unspecified atom stereocenters. The number of methoxy groups -OCH3 is 2. The van der Waals surface area contributed by atoms with E-state index < -0.39 is 16.8 Å². The molecule has 0 atom stereocenters. The molecule has 1 fully saturated rings. The first-order valence-corrected chi connectivity index (χ1v) is 11.8. The molecule has 1 aromatic heterocycles. The molecule has 35 heavy (non-hydrogen) atoms. The molecule has 1 N–H and O–H groups in total. The quantitative estimate of drug-likeness (QED) is 0.430. The van der Waals surface area contributed by atoms with Gasteiger partial charge >= 0.3 is 5.97 Å². The molecular formula is C26H32ClN3O5. The van der Waals surface area contributed by atoms with Gasteiger partial charge in [-0.05, 0) is 30.9 Å². The highest BCUT2D eigenvalue weighted by Gasteiger charge is 2.54. The van der Waals surface area contributed by atoms with E-state index in [2.05, 4.69) is 24.1 Å². The summed E-state index contributed by atoms with van der Waals surface area (Å²) in [5.41, 5.74) is 0.344. The lowest BCUT2D eigenvalue weighted by Crippen LogP contribution is -2.67. The van der Waals surface area contributed by atoms with Gasteiger partial charge in [0.2, 0.25) is 11.8 Å². The van der Waals surface area contributed by atoms with Gasteiger partial charge in [-0.25, -0.2) is 4.98 Å². The highest BCUT2D eigenvalue weighted by atomic mass is 35.5. The molecule has 2 amide bonds. The molecule has 1 aliphatic rings. The van der Waals surface area contributed by atoms with Gasteiger partial charge in [0, 0.05) is 25.6 Å². The highest BCUT2D eigenvalue weighted by Crippen LogP contribution is 2.41. The molecule has 8 nitrogen and oxygen atoms in total. The number of carbonyl (C=O) groups excluding carboxylic acids is 3. The topological polar surface area (TPSA) is 97.8 Å². The van der Waals surface area contributed by atoms with Crippen molar-refractivity contribution in [1.82, 2.24) is 9.88 Å². The van der Waals surface area contributed by atoms with Gasteiger partial charge in [0.1, 0.15) is 22.0 Å². The van der Waals surface area contributed by atoms with Gasteiger partial charge in [0.25, 0.3) is 0 Å². The molecule has 1 saturated heterocycles. The average Bonchev–Trinajstić information content (AvgIpc) is 2.78. The minimum atomic E-state index is -0.976. The van der Waals surface area contributed by atoms with Gasteiger partial charge in [-0.1, -0.05) is 49.7 Å². The van der Waals surface area contributed by atoms with Crippen molar-refractivity contribution in [2.45, 2.75) is 45.4 Å². The number of amides is 2. The number of halogens is 1. The van der Waals surface area contributed by atoms with Crippen LogP contribution in [-0.2, 0) is 24.5 Å². The third-order valence-electron chi connectivity index (χ3n) is 6.44. The number of esters is 1. The number of pyridine rings is 1. The summed E-state index contributed by atoms with van der Waals surface area (Å²) in [5.74, 6) is -0.382. The Morgan fingerprint density at radius 2 is 1.86 bits per heavy atom. The standard InChI is InChI=1S/C26H32ClN3O5/c1-16(2)17-9-7-8-10-18(17)26(23(32)29-19-13-28-21(27)11-20(19)34-5)14-30(15-26)22(31)12-25(3,4)24(33)35-6/h7-11,13,16H,12,14-15H2,1-6H3,(H,29,32). The van der Waals surface area contributed by atoms with E-state index in [1.54, 1.807) is 18.7 Å². The monoisotopic (exact) mass is 501 g/mol. The van der Waals surface area contributed by atoms with E-state index in [9.17, 15) is 14.4 Å². The summed E-state index contributed by atoms with van der Waals surface area (Å²) in [4.78, 5) is 44.6. The van der Waals surface area contributed by atoms with Crippen molar-refractivity contribution < 1.29 is 23.9 Å². The van der Waals surface area contributed by atoms with Crippen LogP contribution in [0, 0.1) is 5.41 Å². The lowest BCUT2D eigenvalue weighted by atomic mass is 9.69. The first kappa shape index (κ1) is 26.5. The molecule has 1 aromatic carbocycles. The van der Waals surface area contributed by atoms with E-state index in [-0.39, 0.29) is 42.4 Å². The molecule has 0 saturated carbocycles. The number of rotatable bonds is 8. The first-order chi connectivity index (χ1) is 16.4. The Balaban J connectivity index is 1.94. The Labute approximate surface area is 211 Å². The maximum Gasteiger partial charge on any atom is 0.311 e. The van der Waals surface area contributed by atoms with Gasteiger partial charge in [-0.3, -0.25) is 14.4 Å². The van der Waals surface area contributed by atoms with Gasteiger partial charge in [-0.15, -0.1) is 0 Å². The summed E-state index contributed by atoms with van der Waals surface area (Å²) >= 11 is 5.97. The maximum atomic E-state index is 13.8. The largest absolute Gasteiger partial charge is 0.494 e. The number of likely N-dealkylation sites (tertiary alicyclic amines) is 1. The van der Waals surface area contributed by atoms with Gasteiger partial charge in [0.05, 0.1) is 25.8 Å². The van der Waals surface area contributed by atoms with Crippen molar-refractivity contribution in [3.63, 3.8) is 0 Å². The van der Waals surface area contributed by atoms with Crippen LogP contribution in [0.25, 0.3) is 0 Å². The Morgan fingerprint density at radius 1 is 1.20 bits per heavy atom. The first-order valence-electron chi connectivity index (χ1n) is 11.4. The fourth-order valence-corrected chi connectivity index (χ4v) is 4.56. The Hall–Kier alpha value is -3.13. The zero-order valence-corrected chi connectivity index (χ0v) is 21.7. The zero-order chi connectivity index (χ0) is 26.0. The van der Waals surface area contributed by atoms with Crippen LogP contribution < -0.4 is 10.1 Å². The molecular weight excluding hydrogens is 470 g/mol. The van der Waals surface area contributed by atoms with Crippen LogP contribution in [-0.4, -0.2) is 55.0 Å². The van der Waals surface area contributed by atoms with E-state index in [0.29, 0.717) is 11.4 Å². The zero-order valence-electron chi connectivity index (χ0n) is 21.0. The molecule has 0 radical (unpaired) electrons. The average molecular weight is 502 g/mol. The molecule has 2 aromatic rings. The normalized spacial score (nSPS) is 14.8. The van der Waals surface area contributed by atoms with Crippen molar-refractivity contribution in [2.24, 2.45) is 5.41 Å². The van der Waals surface area contributed by atoms with E-state index in [1.807, 2.05) is 24.3 Å². The molecule has 2 heterocycles. The van der Waals surface area contributed by atoms with Crippen LogP contribution in [0.15, 0.2) is 36.5 Å². The summed E-state index contributed by atoms with van der Waals surface area (Å²) in [7, 11) is 2.79. The lowest BCUT2D eigenvalue weighted by Gasteiger charge is -2.50. The van der Waals surface area contributed by atoms with Crippen LogP contribution in [0.3, 0.4) is 0 Å². The number of anilines is 1. The van der Waals surface area contributed by atoms with E-state index in [0.717, 1.165) is 11.1 Å². The molecule has 9 heteroatoms. The SMILES string of the molecule is COC(=O)C(C)(C)CC(=O)N1CC(C(=O)Nc2cnc(Cl)cc2OC)(c2ccccc2C(C)C)C1. The second kappa shape index (κ2) is 10.2. The number of benzene rings is 1. The van der Waals surface area contributed by atoms with Gasteiger partial charge in [0.15, 0.2) is 0 Å². The smallest absolute Gasteiger partial charge is 0.311 e. The highest BCUT2D eigenvalue weighted by molar-refractivity contribution is 6.29. The van der Waals surface area contributed by atoms with E-state index in [4.69, 9.17) is 21.1 Å². The summed E-state index contributed by atoms with van der Waals surface area (Å²) < 4.78 is 10.2. The molecule has 0 aliphatic carbocycles. The fourth-order valence-electron chi connectivity index (χ4n) is 4.41. The summed E-state index contributed by atoms with van der Waals surface area (Å²) in [6.07, 6.45) is 1.43. The van der Waals surface area contributed by atoms with Crippen LogP contribution in [0.4, 0.5) is 5.69 Å². The third kappa shape index (κ3) is 5.27. The molecule has 0 spiro atoms. The molecule has 1 aliphatic heterocycles. The fraction of sp³-hybridized carbons (Fsp3) is 0.462. The van der Waals surface area contributed by atoms with E-state index >= 15 is 0 Å². The van der Waals surface area contributed by atoms with Gasteiger partial charge < -0.3 is 19.7 Å². The minimum Gasteiger partial charge on any atom is -0.494 e. The number of hydrogen-bond acceptors (Lipinski definition) is 6. The van der Waals surface area contributed by atoms with Crippen molar-refractivity contribution in [2.75, 3.05) is 32.6 Å². The van der Waals surface area contributed by atoms with Crippen molar-refractivity contribution in [3.05, 3.63) is 52.8 Å². The second-order valence-electron chi connectivity index (χ2n) is 9.79. The van der Waals surface area contributed by atoms with Crippen LogP contribution in [0.1, 0.15) is 51.2 Å². The Kier molecular flexibility index (Phi) is 7.74. The van der Waals surface area contributed by atoms with Crippen LogP contribution in [0.5, 0.6) is 5.75 Å². The van der Waals surface area contributed by atoms with Crippen LogP contribution >= 0.6 is 11.6 Å². The number of aromatic nitrogens is 1. The predicted molar refractivity (Wildman–Crippen MR) is 134 cm³/mol. The third-order valence-corrected chi connectivity index (χ3v) is 6.65. The maximum absolute atomic E-state index is 13.8. The minimum absolute atomic E-state index is 0.0157. The number of carbonyl (C=O) groups is 3. The summed E-state index contributed by atoms with van der Waals surface area (Å²) in [5, 5.41) is 3.18. The number of nitrogens with one attached hydrogen (secondary N) is 1. The Bertz CT molecular complexity index is 1130. The van der Waals surface area contributed by atoms with Crippen molar-refractivity contribution in [1.29, 1.82) is 0 Å². The van der Waals surface area contributed by atoms with Crippen molar-refractivity contribution >= 4 is 35.1 Å². The molecule has 0 bridgehead atoms. The summed E-state index contributed by atoms with van der Waals surface area (Å²) in [6, 6.07) is 9.30. The Morgan fingerprint density at radius 3 is 2.46 bits per heavy atom. The lowest BCUT2D eigenvalue weighted by molar-refractivity contribution is -0.157. The van der Waals surface area contributed by atoms with Gasteiger partial charge in [-0.2, -0.15) is 0 Å². The summed E-state index contributed by atoms with van der Waals surface area (Å²) in [6.45, 7) is 7.84. The number of hydrogen-bond donors (Lipinski definition) is 1. The number of ether oxygens (including phenoxy) is 2. The van der Waals surface area contributed by atoms with Crippen LogP contribution in [0.2, 0.25) is 5.15 Å². The van der Waals surface area contributed by atoms with E-state index in [1.165, 1.54) is 26.5 Å². The second-order valence-corrected chi connectivity index (χ2v) is 10.2. The molecule has 3 rings (SSSR count). The molecule has 188 valence electrons. The van der Waals surface area contributed by atoms with Crippen molar-refractivity contribution in [3.8, 4) is 5.75 Å².